The van der Waals surface area contributed by atoms with Crippen LogP contribution in [0.3, 0.4) is 0 Å². The van der Waals surface area contributed by atoms with Crippen molar-refractivity contribution in [2.75, 3.05) is 14.2 Å². The maximum atomic E-state index is 12.9. The van der Waals surface area contributed by atoms with Gasteiger partial charge in [0.05, 0.1) is 0 Å². The lowest BCUT2D eigenvalue weighted by atomic mass is 10.1. The van der Waals surface area contributed by atoms with Gasteiger partial charge < -0.3 is 24.3 Å². The van der Waals surface area contributed by atoms with Crippen LogP contribution in [-0.4, -0.2) is 49.8 Å². The van der Waals surface area contributed by atoms with Gasteiger partial charge in [-0.3, -0.25) is 0 Å². The van der Waals surface area contributed by atoms with Crippen molar-refractivity contribution in [2.24, 2.45) is 0 Å². The number of nitrogens with one attached hydrogen (secondary N) is 1. The summed E-state index contributed by atoms with van der Waals surface area (Å²) >= 11 is 0. The zero-order valence-electron chi connectivity index (χ0n) is 17.3. The molecule has 2 rings (SSSR count). The van der Waals surface area contributed by atoms with Gasteiger partial charge in [-0.2, -0.15) is 0 Å². The van der Waals surface area contributed by atoms with E-state index >= 15 is 0 Å². The van der Waals surface area contributed by atoms with Crippen LogP contribution in [0.2, 0.25) is 0 Å². The van der Waals surface area contributed by atoms with E-state index in [0.29, 0.717) is 19.3 Å². The summed E-state index contributed by atoms with van der Waals surface area (Å²) in [5.41, 5.74) is 0.231. The zero-order valence-corrected chi connectivity index (χ0v) is 17.3. The van der Waals surface area contributed by atoms with Gasteiger partial charge in [0.25, 0.3) is 0 Å². The van der Waals surface area contributed by atoms with Crippen LogP contribution in [0.15, 0.2) is 30.3 Å². The maximum absolute atomic E-state index is 12.9. The molecule has 1 unspecified atom stereocenters. The van der Waals surface area contributed by atoms with Crippen molar-refractivity contribution >= 4 is 12.1 Å². The molecule has 0 spiro atoms. The molecule has 1 aliphatic rings. The Morgan fingerprint density at radius 2 is 1.82 bits per heavy atom. The van der Waals surface area contributed by atoms with Crippen molar-refractivity contribution < 1.29 is 28.5 Å². The first-order chi connectivity index (χ1) is 13.2. The first-order valence-electron chi connectivity index (χ1n) is 9.53. The number of hydrogen-bond donors (Lipinski definition) is 1. The molecule has 1 fully saturated rings. The molecule has 0 aliphatic heterocycles. The van der Waals surface area contributed by atoms with Crippen LogP contribution in [0.25, 0.3) is 0 Å². The monoisotopic (exact) mass is 393 g/mol. The Bertz CT molecular complexity index is 651. The number of alkyl carbamates (subject to hydrolysis) is 1. The molecule has 1 aromatic rings. The molecule has 1 N–H and O–H groups in total. The minimum atomic E-state index is -0.946. The van der Waals surface area contributed by atoms with E-state index in [2.05, 4.69) is 5.32 Å². The van der Waals surface area contributed by atoms with Gasteiger partial charge in [-0.05, 0) is 39.2 Å². The highest BCUT2D eigenvalue weighted by Gasteiger charge is 2.47. The fourth-order valence-corrected chi connectivity index (χ4v) is 3.33. The van der Waals surface area contributed by atoms with Gasteiger partial charge in [0.2, 0.25) is 5.79 Å². The van der Waals surface area contributed by atoms with E-state index in [9.17, 15) is 9.59 Å². The van der Waals surface area contributed by atoms with Gasteiger partial charge in [-0.1, -0.05) is 30.3 Å². The molecule has 1 aromatic carbocycles. The molecule has 0 heterocycles. The molecule has 0 aromatic heterocycles. The summed E-state index contributed by atoms with van der Waals surface area (Å²) < 4.78 is 22.0. The van der Waals surface area contributed by atoms with Gasteiger partial charge in [0.1, 0.15) is 11.6 Å². The molecular weight excluding hydrogens is 362 g/mol. The molecule has 7 nitrogen and oxygen atoms in total. The minimum absolute atomic E-state index is 0.290. The Hall–Kier alpha value is -2.12. The molecule has 1 amide bonds. The summed E-state index contributed by atoms with van der Waals surface area (Å²) in [5, 5.41) is 2.64. The molecule has 0 radical (unpaired) electrons. The van der Waals surface area contributed by atoms with Crippen LogP contribution in [0.5, 0.6) is 0 Å². The average molecular weight is 393 g/mol. The van der Waals surface area contributed by atoms with E-state index in [1.807, 2.05) is 30.3 Å². The summed E-state index contributed by atoms with van der Waals surface area (Å²) in [5.74, 6) is -1.49. The fourth-order valence-electron chi connectivity index (χ4n) is 3.33. The maximum Gasteiger partial charge on any atom is 0.408 e. The number of esters is 1. The molecule has 1 saturated carbocycles. The lowest BCUT2D eigenvalue weighted by Gasteiger charge is -2.33. The number of amides is 1. The van der Waals surface area contributed by atoms with E-state index in [0.717, 1.165) is 12.0 Å². The summed E-state index contributed by atoms with van der Waals surface area (Å²) in [4.78, 5) is 25.2. The topological polar surface area (TPSA) is 83.1 Å². The molecule has 1 aliphatic carbocycles. The highest BCUT2D eigenvalue weighted by atomic mass is 16.7. The summed E-state index contributed by atoms with van der Waals surface area (Å²) in [6, 6.07) is 8.54. The number of carbonyl (C=O) groups is 2. The van der Waals surface area contributed by atoms with E-state index < -0.39 is 35.6 Å². The highest BCUT2D eigenvalue weighted by molar-refractivity contribution is 5.82. The van der Waals surface area contributed by atoms with Crippen molar-refractivity contribution in [2.45, 2.75) is 70.0 Å². The van der Waals surface area contributed by atoms with E-state index in [-0.39, 0.29) is 0 Å². The molecule has 0 bridgehead atoms. The van der Waals surface area contributed by atoms with Gasteiger partial charge in [-0.25, -0.2) is 9.59 Å². The second kappa shape index (κ2) is 9.39. The van der Waals surface area contributed by atoms with Crippen LogP contribution < -0.4 is 5.32 Å². The summed E-state index contributed by atoms with van der Waals surface area (Å²) in [6.07, 6.45) is 1.19. The van der Waals surface area contributed by atoms with Gasteiger partial charge in [-0.15, -0.1) is 0 Å². The molecule has 156 valence electrons. The summed E-state index contributed by atoms with van der Waals surface area (Å²) in [7, 11) is 3.08. The average Bonchev–Trinajstić information content (AvgIpc) is 3.03. The van der Waals surface area contributed by atoms with Crippen LogP contribution in [-0.2, 0) is 30.2 Å². The third kappa shape index (κ3) is 5.94. The number of ether oxygens (including phenoxy) is 4. The number of carbonyl (C=O) groups excluding carboxylic acids is 2. The van der Waals surface area contributed by atoms with Crippen LogP contribution in [0.1, 0.15) is 45.6 Å². The van der Waals surface area contributed by atoms with Gasteiger partial charge >= 0.3 is 12.1 Å². The van der Waals surface area contributed by atoms with Crippen LogP contribution in [0, 0.1) is 0 Å². The third-order valence-corrected chi connectivity index (χ3v) is 4.69. The van der Waals surface area contributed by atoms with Gasteiger partial charge in [0.15, 0.2) is 6.10 Å². The second-order valence-electron chi connectivity index (χ2n) is 7.93. The number of methoxy groups -OCH3 is 2. The quantitative estimate of drug-likeness (QED) is 0.566. The minimum Gasteiger partial charge on any atom is -0.455 e. The van der Waals surface area contributed by atoms with Crippen molar-refractivity contribution in [3.05, 3.63) is 35.9 Å². The first kappa shape index (κ1) is 22.2. The fraction of sp³-hybridized carbons (Fsp3) is 0.619. The summed E-state index contributed by atoms with van der Waals surface area (Å²) in [6.45, 7) is 5.30. The Morgan fingerprint density at radius 3 is 2.39 bits per heavy atom. The lowest BCUT2D eigenvalue weighted by molar-refractivity contribution is -0.252. The predicted octanol–water partition coefficient (Wildman–Crippen LogP) is 3.21. The first-order valence-corrected chi connectivity index (χ1v) is 9.53. The van der Waals surface area contributed by atoms with Crippen molar-refractivity contribution in [3.8, 4) is 0 Å². The number of rotatable bonds is 7. The van der Waals surface area contributed by atoms with E-state index in [1.54, 1.807) is 20.8 Å². The molecule has 0 saturated heterocycles. The van der Waals surface area contributed by atoms with Gasteiger partial charge in [0, 0.05) is 27.1 Å². The predicted molar refractivity (Wildman–Crippen MR) is 104 cm³/mol. The second-order valence-corrected chi connectivity index (χ2v) is 7.93. The van der Waals surface area contributed by atoms with Crippen LogP contribution >= 0.6 is 0 Å². The standard InChI is InChI=1S/C21H31NO6/c1-20(2,3)28-19(24)22-16(14-15-10-7-6-8-11-15)18(23)27-17-12-9-13-21(17,25-4)26-5/h6-8,10-11,16-17H,9,12-14H2,1-5H3,(H,22,24)/t16-,17?/m0/s1. The smallest absolute Gasteiger partial charge is 0.408 e. The molecular formula is C21H31NO6. The Labute approximate surface area is 166 Å². The lowest BCUT2D eigenvalue weighted by Crippen LogP contribution is -2.50. The third-order valence-electron chi connectivity index (χ3n) is 4.69. The Morgan fingerprint density at radius 1 is 1.18 bits per heavy atom. The van der Waals surface area contributed by atoms with Crippen molar-refractivity contribution in [1.82, 2.24) is 5.32 Å². The van der Waals surface area contributed by atoms with Crippen molar-refractivity contribution in [1.29, 1.82) is 0 Å². The Balaban J connectivity index is 2.13. The van der Waals surface area contributed by atoms with Crippen LogP contribution in [0.4, 0.5) is 4.79 Å². The van der Waals surface area contributed by atoms with E-state index in [4.69, 9.17) is 18.9 Å². The number of hydrogen-bond acceptors (Lipinski definition) is 6. The zero-order chi connectivity index (χ0) is 20.8. The number of benzene rings is 1. The molecule has 2 atom stereocenters. The van der Waals surface area contributed by atoms with Crippen molar-refractivity contribution in [3.63, 3.8) is 0 Å². The Kier molecular flexibility index (Phi) is 7.43. The largest absolute Gasteiger partial charge is 0.455 e. The highest BCUT2D eigenvalue weighted by Crippen LogP contribution is 2.36. The normalized spacial score (nSPS) is 19.7. The molecule has 7 heteroatoms. The molecule has 28 heavy (non-hydrogen) atoms. The SMILES string of the molecule is COC1(OC)CCCC1OC(=O)[C@H](Cc1ccccc1)NC(=O)OC(C)(C)C. The van der Waals surface area contributed by atoms with E-state index in [1.165, 1.54) is 14.2 Å².